The van der Waals surface area contributed by atoms with Crippen molar-refractivity contribution in [3.63, 3.8) is 0 Å². The van der Waals surface area contributed by atoms with Crippen LogP contribution in [0.25, 0.3) is 16.7 Å². The minimum atomic E-state index is -2.36. The molecule has 4 rings (SSSR count). The van der Waals surface area contributed by atoms with Crippen LogP contribution in [-0.4, -0.2) is 20.9 Å². The molecular weight excluding hydrogens is 431 g/mol. The minimum Gasteiger partial charge on any atom is -0.320 e. The third kappa shape index (κ3) is 3.24. The lowest BCUT2D eigenvalue weighted by atomic mass is 10.1. The molecule has 11 heteroatoms. The van der Waals surface area contributed by atoms with Gasteiger partial charge in [0.15, 0.2) is 23.3 Å². The molecule has 1 N–H and O–H groups in total. The summed E-state index contributed by atoms with van der Waals surface area (Å²) in [6.45, 7) is 0. The summed E-state index contributed by atoms with van der Waals surface area (Å²) in [5.41, 5.74) is -0.542. The van der Waals surface area contributed by atoms with Crippen molar-refractivity contribution in [3.8, 4) is 5.69 Å². The molecule has 4 aromatic rings. The van der Waals surface area contributed by atoms with Crippen LogP contribution < -0.4 is 5.32 Å². The zero-order valence-electron chi connectivity index (χ0n) is 14.6. The van der Waals surface area contributed by atoms with Gasteiger partial charge in [0.05, 0.1) is 16.4 Å². The Labute approximate surface area is 169 Å². The van der Waals surface area contributed by atoms with Gasteiger partial charge in [-0.3, -0.25) is 4.79 Å². The molecule has 1 aromatic heterocycles. The highest BCUT2D eigenvalue weighted by Crippen LogP contribution is 2.29. The van der Waals surface area contributed by atoms with E-state index in [1.807, 2.05) is 5.32 Å². The highest BCUT2D eigenvalue weighted by atomic mass is 35.5. The van der Waals surface area contributed by atoms with Crippen LogP contribution in [0.4, 0.5) is 27.6 Å². The van der Waals surface area contributed by atoms with Gasteiger partial charge in [-0.25, -0.2) is 22.0 Å². The summed E-state index contributed by atoms with van der Waals surface area (Å²) in [5.74, 6) is -12.9. The Morgan fingerprint density at radius 3 is 1.97 bits per heavy atom. The molecule has 0 atom stereocenters. The maximum Gasteiger partial charge on any atom is 0.261 e. The Morgan fingerprint density at radius 1 is 0.833 bits per heavy atom. The number of fused-ring (bicyclic) bond motifs is 1. The fraction of sp³-hybridized carbons (Fsp3) is 0. The molecule has 30 heavy (non-hydrogen) atoms. The van der Waals surface area contributed by atoms with Crippen molar-refractivity contribution in [2.24, 2.45) is 0 Å². The number of benzene rings is 3. The van der Waals surface area contributed by atoms with E-state index in [0.717, 1.165) is 0 Å². The van der Waals surface area contributed by atoms with Gasteiger partial charge in [-0.1, -0.05) is 29.8 Å². The molecule has 0 saturated heterocycles. The number of carbonyl (C=O) groups excluding carboxylic acids is 1. The van der Waals surface area contributed by atoms with Crippen molar-refractivity contribution < 1.29 is 26.7 Å². The molecule has 0 aliphatic carbocycles. The monoisotopic (exact) mass is 438 g/mol. The average molecular weight is 439 g/mol. The van der Waals surface area contributed by atoms with Crippen molar-refractivity contribution in [1.29, 1.82) is 0 Å². The summed E-state index contributed by atoms with van der Waals surface area (Å²) < 4.78 is 67.6. The lowest BCUT2D eigenvalue weighted by Gasteiger charge is -2.10. The number of rotatable bonds is 3. The highest BCUT2D eigenvalue weighted by molar-refractivity contribution is 6.34. The van der Waals surface area contributed by atoms with Gasteiger partial charge >= 0.3 is 0 Å². The molecule has 0 saturated carbocycles. The van der Waals surface area contributed by atoms with Crippen molar-refractivity contribution in [2.45, 2.75) is 0 Å². The number of hydrogen-bond donors (Lipinski definition) is 1. The van der Waals surface area contributed by atoms with Gasteiger partial charge in [0.1, 0.15) is 16.6 Å². The van der Waals surface area contributed by atoms with E-state index in [1.165, 1.54) is 16.9 Å². The second kappa shape index (κ2) is 7.38. The van der Waals surface area contributed by atoms with E-state index in [-0.39, 0.29) is 16.2 Å². The van der Waals surface area contributed by atoms with Crippen LogP contribution in [0.1, 0.15) is 10.4 Å². The van der Waals surface area contributed by atoms with E-state index in [0.29, 0.717) is 11.2 Å². The average Bonchev–Trinajstić information content (AvgIpc) is 3.14. The third-order valence-corrected chi connectivity index (χ3v) is 4.45. The van der Waals surface area contributed by atoms with Crippen molar-refractivity contribution in [3.05, 3.63) is 82.1 Å². The van der Waals surface area contributed by atoms with Gasteiger partial charge < -0.3 is 5.32 Å². The van der Waals surface area contributed by atoms with Crippen LogP contribution in [0.2, 0.25) is 5.02 Å². The van der Waals surface area contributed by atoms with Crippen LogP contribution in [0.3, 0.4) is 0 Å². The SMILES string of the molecule is O=C(Nc1cc2nn(-c3ccccc3)nc2cc1Cl)c1c(F)c(F)c(F)c(F)c1F. The number of halogens is 6. The highest BCUT2D eigenvalue weighted by Gasteiger charge is 2.30. The third-order valence-electron chi connectivity index (χ3n) is 4.14. The molecule has 1 amide bonds. The Hall–Kier alpha value is -3.53. The number of nitrogens with one attached hydrogen (secondary N) is 1. The molecule has 0 bridgehead atoms. The van der Waals surface area contributed by atoms with Crippen LogP contribution >= 0.6 is 11.6 Å². The standard InChI is InChI=1S/C19H8ClF5N4O/c20-9-6-11-12(28-29(27-11)8-4-2-1-3-5-8)7-10(9)26-19(30)13-14(21)16(23)18(25)17(24)15(13)22/h1-7H,(H,26,30). The summed E-state index contributed by atoms with van der Waals surface area (Å²) in [7, 11) is 0. The molecular formula is C19H8ClF5N4O. The first-order chi connectivity index (χ1) is 14.3. The first-order valence-corrected chi connectivity index (χ1v) is 8.60. The lowest BCUT2D eigenvalue weighted by Crippen LogP contribution is -2.19. The first kappa shape index (κ1) is 19.8. The quantitative estimate of drug-likeness (QED) is 0.277. The Morgan fingerprint density at radius 2 is 1.37 bits per heavy atom. The molecule has 3 aromatic carbocycles. The summed E-state index contributed by atoms with van der Waals surface area (Å²) in [5, 5.41) is 10.4. The van der Waals surface area contributed by atoms with E-state index in [1.54, 1.807) is 30.3 Å². The number of carbonyl (C=O) groups is 1. The van der Waals surface area contributed by atoms with E-state index in [9.17, 15) is 26.7 Å². The first-order valence-electron chi connectivity index (χ1n) is 8.22. The van der Waals surface area contributed by atoms with E-state index in [4.69, 9.17) is 11.6 Å². The minimum absolute atomic E-state index is 0.0835. The van der Waals surface area contributed by atoms with Crippen molar-refractivity contribution >= 4 is 34.2 Å². The van der Waals surface area contributed by atoms with Crippen LogP contribution in [0, 0.1) is 29.1 Å². The fourth-order valence-corrected chi connectivity index (χ4v) is 2.90. The number of amides is 1. The van der Waals surface area contributed by atoms with Gasteiger partial charge in [-0.2, -0.15) is 4.80 Å². The Balaban J connectivity index is 1.73. The molecule has 0 aliphatic rings. The number of nitrogens with zero attached hydrogens (tertiary/aromatic N) is 3. The zero-order valence-corrected chi connectivity index (χ0v) is 15.3. The van der Waals surface area contributed by atoms with E-state index < -0.39 is 40.6 Å². The molecule has 0 radical (unpaired) electrons. The maximum absolute atomic E-state index is 13.9. The summed E-state index contributed by atoms with van der Waals surface area (Å²) >= 11 is 6.07. The van der Waals surface area contributed by atoms with Crippen molar-refractivity contribution in [1.82, 2.24) is 15.0 Å². The van der Waals surface area contributed by atoms with Crippen LogP contribution in [0.5, 0.6) is 0 Å². The fourth-order valence-electron chi connectivity index (χ4n) is 2.70. The van der Waals surface area contributed by atoms with E-state index >= 15 is 0 Å². The van der Waals surface area contributed by atoms with Gasteiger partial charge in [0.25, 0.3) is 5.91 Å². The molecule has 1 heterocycles. The van der Waals surface area contributed by atoms with Crippen molar-refractivity contribution in [2.75, 3.05) is 5.32 Å². The second-order valence-corrected chi connectivity index (χ2v) is 6.45. The number of anilines is 1. The van der Waals surface area contributed by atoms with Gasteiger partial charge in [0.2, 0.25) is 5.82 Å². The normalized spacial score (nSPS) is 11.1. The topological polar surface area (TPSA) is 59.8 Å². The zero-order chi connectivity index (χ0) is 21.6. The number of aromatic nitrogens is 3. The molecule has 5 nitrogen and oxygen atoms in total. The maximum atomic E-state index is 13.9. The smallest absolute Gasteiger partial charge is 0.261 e. The predicted molar refractivity (Wildman–Crippen MR) is 98.1 cm³/mol. The largest absolute Gasteiger partial charge is 0.320 e. The second-order valence-electron chi connectivity index (χ2n) is 6.04. The molecule has 0 spiro atoms. The Bertz CT molecular complexity index is 1280. The summed E-state index contributed by atoms with van der Waals surface area (Å²) in [4.78, 5) is 13.5. The van der Waals surface area contributed by atoms with Crippen LogP contribution in [-0.2, 0) is 0 Å². The molecule has 0 aliphatic heterocycles. The van der Waals surface area contributed by atoms with Gasteiger partial charge in [-0.05, 0) is 24.3 Å². The Kier molecular flexibility index (Phi) is 4.86. The number of para-hydroxylation sites is 1. The van der Waals surface area contributed by atoms with E-state index in [2.05, 4.69) is 10.2 Å². The predicted octanol–water partition coefficient (Wildman–Crippen LogP) is 5.02. The molecule has 0 unspecified atom stereocenters. The lowest BCUT2D eigenvalue weighted by molar-refractivity contribution is 0.101. The molecule has 152 valence electrons. The molecule has 0 fully saturated rings. The van der Waals surface area contributed by atoms with Gasteiger partial charge in [-0.15, -0.1) is 10.2 Å². The summed E-state index contributed by atoms with van der Waals surface area (Å²) in [6.07, 6.45) is 0. The number of hydrogen-bond acceptors (Lipinski definition) is 3. The van der Waals surface area contributed by atoms with Gasteiger partial charge in [0, 0.05) is 0 Å². The summed E-state index contributed by atoms with van der Waals surface area (Å²) in [6, 6.07) is 11.4. The van der Waals surface area contributed by atoms with Crippen LogP contribution in [0.15, 0.2) is 42.5 Å².